The second kappa shape index (κ2) is 7.92. The molecule has 1 fully saturated rings. The SMILES string of the molecule is Fc1cccc(Cl)c1Cn1ccc(NC(=S)NCC2CCCO2)n1. The first-order valence-corrected chi connectivity index (χ1v) is 8.53. The van der Waals surface area contributed by atoms with Crippen molar-refractivity contribution in [3.63, 3.8) is 0 Å². The van der Waals surface area contributed by atoms with Crippen LogP contribution in [-0.2, 0) is 11.3 Å². The molecule has 0 radical (unpaired) electrons. The number of rotatable bonds is 5. The summed E-state index contributed by atoms with van der Waals surface area (Å²) in [7, 11) is 0. The van der Waals surface area contributed by atoms with Crippen molar-refractivity contribution < 1.29 is 9.13 Å². The van der Waals surface area contributed by atoms with Gasteiger partial charge in [-0.05, 0) is 37.2 Å². The molecule has 1 aromatic heterocycles. The molecule has 0 spiro atoms. The molecule has 0 amide bonds. The van der Waals surface area contributed by atoms with E-state index in [9.17, 15) is 4.39 Å². The third-order valence-electron chi connectivity index (χ3n) is 3.78. The fourth-order valence-electron chi connectivity index (χ4n) is 2.53. The van der Waals surface area contributed by atoms with Crippen molar-refractivity contribution in [1.29, 1.82) is 0 Å². The monoisotopic (exact) mass is 368 g/mol. The molecular formula is C16H18ClFN4OS. The Bertz CT molecular complexity index is 698. The lowest BCUT2D eigenvalue weighted by atomic mass is 10.2. The molecule has 2 heterocycles. The van der Waals surface area contributed by atoms with E-state index in [2.05, 4.69) is 15.7 Å². The van der Waals surface area contributed by atoms with Crippen LogP contribution in [0.5, 0.6) is 0 Å². The molecule has 128 valence electrons. The molecule has 5 nitrogen and oxygen atoms in total. The van der Waals surface area contributed by atoms with E-state index < -0.39 is 0 Å². The van der Waals surface area contributed by atoms with Crippen LogP contribution in [0.25, 0.3) is 0 Å². The summed E-state index contributed by atoms with van der Waals surface area (Å²) >= 11 is 11.3. The van der Waals surface area contributed by atoms with E-state index in [1.807, 2.05) is 0 Å². The van der Waals surface area contributed by atoms with Gasteiger partial charge >= 0.3 is 0 Å². The van der Waals surface area contributed by atoms with E-state index in [1.165, 1.54) is 6.07 Å². The van der Waals surface area contributed by atoms with Crippen LogP contribution in [0.2, 0.25) is 5.02 Å². The highest BCUT2D eigenvalue weighted by atomic mass is 35.5. The van der Waals surface area contributed by atoms with Gasteiger partial charge in [-0.25, -0.2) is 4.39 Å². The Balaban J connectivity index is 1.54. The number of ether oxygens (including phenoxy) is 1. The largest absolute Gasteiger partial charge is 0.376 e. The Morgan fingerprint density at radius 3 is 3.08 bits per heavy atom. The second-order valence-electron chi connectivity index (χ2n) is 5.57. The van der Waals surface area contributed by atoms with Gasteiger partial charge < -0.3 is 15.4 Å². The Kier molecular flexibility index (Phi) is 5.65. The minimum Gasteiger partial charge on any atom is -0.376 e. The lowest BCUT2D eigenvalue weighted by Crippen LogP contribution is -2.34. The summed E-state index contributed by atoms with van der Waals surface area (Å²) < 4.78 is 21.0. The smallest absolute Gasteiger partial charge is 0.172 e. The van der Waals surface area contributed by atoms with E-state index in [0.717, 1.165) is 19.4 Å². The number of benzene rings is 1. The van der Waals surface area contributed by atoms with Gasteiger partial charge in [-0.1, -0.05) is 17.7 Å². The Morgan fingerprint density at radius 2 is 2.33 bits per heavy atom. The molecule has 0 bridgehead atoms. The highest BCUT2D eigenvalue weighted by molar-refractivity contribution is 7.80. The maximum absolute atomic E-state index is 13.8. The van der Waals surface area contributed by atoms with Gasteiger partial charge in [-0.3, -0.25) is 4.68 Å². The second-order valence-corrected chi connectivity index (χ2v) is 6.38. The van der Waals surface area contributed by atoms with Crippen molar-refractivity contribution in [3.05, 3.63) is 46.9 Å². The van der Waals surface area contributed by atoms with E-state index in [1.54, 1.807) is 29.1 Å². The molecule has 0 aliphatic carbocycles. The Hall–Kier alpha value is -1.70. The van der Waals surface area contributed by atoms with Crippen molar-refractivity contribution in [2.24, 2.45) is 0 Å². The lowest BCUT2D eigenvalue weighted by molar-refractivity contribution is 0.114. The summed E-state index contributed by atoms with van der Waals surface area (Å²) in [6, 6.07) is 6.39. The zero-order valence-electron chi connectivity index (χ0n) is 13.0. The van der Waals surface area contributed by atoms with Gasteiger partial charge in [0.1, 0.15) is 5.82 Å². The normalized spacial score (nSPS) is 17.0. The number of nitrogens with zero attached hydrogens (tertiary/aromatic N) is 2. The summed E-state index contributed by atoms with van der Waals surface area (Å²) in [5, 5.41) is 11.3. The van der Waals surface area contributed by atoms with Crippen molar-refractivity contribution in [2.75, 3.05) is 18.5 Å². The molecule has 1 atom stereocenters. The van der Waals surface area contributed by atoms with Gasteiger partial charge in [0.15, 0.2) is 10.9 Å². The van der Waals surface area contributed by atoms with Crippen molar-refractivity contribution in [3.8, 4) is 0 Å². The summed E-state index contributed by atoms with van der Waals surface area (Å²) in [5.41, 5.74) is 0.410. The molecule has 3 rings (SSSR count). The molecule has 24 heavy (non-hydrogen) atoms. The van der Waals surface area contributed by atoms with Crippen molar-refractivity contribution in [2.45, 2.75) is 25.5 Å². The molecule has 1 aliphatic heterocycles. The van der Waals surface area contributed by atoms with E-state index >= 15 is 0 Å². The van der Waals surface area contributed by atoms with Crippen molar-refractivity contribution >= 4 is 34.7 Å². The van der Waals surface area contributed by atoms with Gasteiger partial charge in [0.05, 0.1) is 12.6 Å². The van der Waals surface area contributed by atoms with E-state index in [0.29, 0.717) is 28.1 Å². The van der Waals surface area contributed by atoms with Crippen molar-refractivity contribution in [1.82, 2.24) is 15.1 Å². The zero-order chi connectivity index (χ0) is 16.9. The average molecular weight is 369 g/mol. The molecule has 8 heteroatoms. The molecule has 1 aliphatic rings. The number of aromatic nitrogens is 2. The number of anilines is 1. The van der Waals surface area contributed by atoms with E-state index in [-0.39, 0.29) is 18.5 Å². The van der Waals surface area contributed by atoms with Gasteiger partial charge in [0.2, 0.25) is 0 Å². The number of hydrogen-bond donors (Lipinski definition) is 2. The third kappa shape index (κ3) is 4.43. The van der Waals surface area contributed by atoms with Crippen LogP contribution in [0.3, 0.4) is 0 Å². The van der Waals surface area contributed by atoms with Crippen LogP contribution < -0.4 is 10.6 Å². The maximum Gasteiger partial charge on any atom is 0.172 e. The zero-order valence-corrected chi connectivity index (χ0v) is 14.5. The molecule has 1 aromatic carbocycles. The van der Waals surface area contributed by atoms with Crippen LogP contribution >= 0.6 is 23.8 Å². The van der Waals surface area contributed by atoms with Crippen LogP contribution in [0.4, 0.5) is 10.2 Å². The van der Waals surface area contributed by atoms with Crippen LogP contribution in [0.1, 0.15) is 18.4 Å². The highest BCUT2D eigenvalue weighted by Crippen LogP contribution is 2.20. The number of nitrogens with one attached hydrogen (secondary N) is 2. The Labute approximate surface area is 150 Å². The predicted molar refractivity (Wildman–Crippen MR) is 95.9 cm³/mol. The standard InChI is InChI=1S/C16H18ClFN4OS/c17-13-4-1-5-14(18)12(13)10-22-7-6-15(21-22)20-16(24)19-9-11-3-2-8-23-11/h1,4-7,11H,2-3,8-10H2,(H2,19,20,21,24). The summed E-state index contributed by atoms with van der Waals surface area (Å²) in [6.45, 7) is 1.75. The predicted octanol–water partition coefficient (Wildman–Crippen LogP) is 3.19. The molecule has 1 saturated heterocycles. The van der Waals surface area contributed by atoms with Gasteiger partial charge in [0, 0.05) is 36.0 Å². The fraction of sp³-hybridized carbons (Fsp3) is 0.375. The third-order valence-corrected chi connectivity index (χ3v) is 4.38. The average Bonchev–Trinajstić information content (AvgIpc) is 3.21. The minimum absolute atomic E-state index is 0.213. The summed E-state index contributed by atoms with van der Waals surface area (Å²) in [4.78, 5) is 0. The Morgan fingerprint density at radius 1 is 1.46 bits per heavy atom. The topological polar surface area (TPSA) is 51.1 Å². The first kappa shape index (κ1) is 17.1. The van der Waals surface area contributed by atoms with Gasteiger partial charge in [-0.2, -0.15) is 5.10 Å². The summed E-state index contributed by atoms with van der Waals surface area (Å²) in [5.74, 6) is 0.244. The highest BCUT2D eigenvalue weighted by Gasteiger charge is 2.15. The van der Waals surface area contributed by atoms with E-state index in [4.69, 9.17) is 28.6 Å². The van der Waals surface area contributed by atoms with Crippen LogP contribution in [0.15, 0.2) is 30.5 Å². The molecule has 2 N–H and O–H groups in total. The number of thiocarbonyl (C=S) groups is 1. The van der Waals surface area contributed by atoms with Gasteiger partial charge in [0.25, 0.3) is 0 Å². The fourth-order valence-corrected chi connectivity index (χ4v) is 2.94. The molecule has 2 aromatic rings. The number of hydrogen-bond acceptors (Lipinski definition) is 3. The minimum atomic E-state index is -0.346. The first-order chi connectivity index (χ1) is 11.6. The van der Waals surface area contributed by atoms with Gasteiger partial charge in [-0.15, -0.1) is 0 Å². The van der Waals surface area contributed by atoms with Crippen LogP contribution in [0, 0.1) is 5.82 Å². The number of halogens is 2. The molecule has 1 unspecified atom stereocenters. The maximum atomic E-state index is 13.8. The quantitative estimate of drug-likeness (QED) is 0.794. The summed E-state index contributed by atoms with van der Waals surface area (Å²) in [6.07, 6.45) is 4.10. The lowest BCUT2D eigenvalue weighted by Gasteiger charge is -2.12. The first-order valence-electron chi connectivity index (χ1n) is 7.74. The van der Waals surface area contributed by atoms with Crippen LogP contribution in [-0.4, -0.2) is 34.1 Å². The molecular weight excluding hydrogens is 351 g/mol. The molecule has 0 saturated carbocycles.